The number of carbonyl (C=O) groups is 3. The number of amidine groups is 1. The lowest BCUT2D eigenvalue weighted by Crippen LogP contribution is -2.38. The summed E-state index contributed by atoms with van der Waals surface area (Å²) >= 11 is 0. The predicted octanol–water partition coefficient (Wildman–Crippen LogP) is 2.20. The van der Waals surface area contributed by atoms with Gasteiger partial charge in [0.2, 0.25) is 5.76 Å². The Labute approximate surface area is 198 Å². The number of hydrogen-bond donors (Lipinski definition) is 2. The normalized spacial score (nSPS) is 20.5. The van der Waals surface area contributed by atoms with Crippen LogP contribution in [0.15, 0.2) is 47.3 Å². The summed E-state index contributed by atoms with van der Waals surface area (Å²) in [6.45, 7) is 3.42. The summed E-state index contributed by atoms with van der Waals surface area (Å²) in [4.78, 5) is 41.8. The van der Waals surface area contributed by atoms with Crippen molar-refractivity contribution in [1.82, 2.24) is 0 Å². The lowest BCUT2D eigenvalue weighted by atomic mass is 9.80. The van der Waals surface area contributed by atoms with Crippen LogP contribution < -0.4 is 5.73 Å². The van der Waals surface area contributed by atoms with Gasteiger partial charge in [0.15, 0.2) is 0 Å². The van der Waals surface area contributed by atoms with E-state index < -0.39 is 29.1 Å². The van der Waals surface area contributed by atoms with Gasteiger partial charge >= 0.3 is 17.9 Å². The Hall–Kier alpha value is -3.40. The van der Waals surface area contributed by atoms with Crippen LogP contribution in [0.3, 0.4) is 0 Å². The Bertz CT molecular complexity index is 899. The first kappa shape index (κ1) is 26.8. The Balaban J connectivity index is 2.18. The minimum absolute atomic E-state index is 0.0424. The van der Waals surface area contributed by atoms with Gasteiger partial charge in [0, 0.05) is 12.0 Å². The first-order valence-corrected chi connectivity index (χ1v) is 11.2. The monoisotopic (exact) mass is 476 g/mol. The summed E-state index contributed by atoms with van der Waals surface area (Å²) < 4.78 is 15.1. The van der Waals surface area contributed by atoms with Crippen LogP contribution in [0.25, 0.3) is 0 Å². The molecule has 1 aromatic rings. The number of hydrogen-bond acceptors (Lipinski definition) is 9. The second-order valence-electron chi connectivity index (χ2n) is 7.94. The van der Waals surface area contributed by atoms with Crippen molar-refractivity contribution < 1.29 is 38.5 Å². The van der Waals surface area contributed by atoms with Crippen molar-refractivity contribution in [3.8, 4) is 0 Å². The van der Waals surface area contributed by atoms with Crippen molar-refractivity contribution in [2.45, 2.75) is 46.1 Å². The van der Waals surface area contributed by atoms with Gasteiger partial charge in [-0.3, -0.25) is 4.79 Å². The summed E-state index contributed by atoms with van der Waals surface area (Å²) in [6, 6.07) is 9.25. The van der Waals surface area contributed by atoms with Crippen molar-refractivity contribution >= 4 is 23.7 Å². The second-order valence-corrected chi connectivity index (χ2v) is 7.94. The average Bonchev–Trinajstić information content (AvgIpc) is 3.25. The van der Waals surface area contributed by atoms with Crippen LogP contribution >= 0.6 is 0 Å². The van der Waals surface area contributed by atoms with Gasteiger partial charge < -0.3 is 29.9 Å². The zero-order valence-electron chi connectivity index (χ0n) is 19.5. The maximum Gasteiger partial charge on any atom is 0.377 e. The zero-order valence-corrected chi connectivity index (χ0v) is 19.5. The number of aliphatic hydroxyl groups excluding tert-OH is 1. The summed E-state index contributed by atoms with van der Waals surface area (Å²) in [5.41, 5.74) is 6.16. The molecular formula is C24H32N2O8. The molecule has 0 aliphatic heterocycles. The number of ether oxygens (including phenoxy) is 3. The third-order valence-electron chi connectivity index (χ3n) is 5.49. The number of carbonyl (C=O) groups excluding carboxylic acids is 3. The van der Waals surface area contributed by atoms with Gasteiger partial charge in [-0.1, -0.05) is 35.5 Å². The second kappa shape index (κ2) is 13.3. The standard InChI is InChI=1S/C24H32N2O8/c1-3-31-20(28)12-19(22(30)32-4-2)34-26-23(25)24(11-10-18(13-24)15-27)14-21(29)33-16-17-8-6-5-7-9-17/h5-9,12,18,27H,3-4,10-11,13-16H2,1-2H3,(H2,25,26). The van der Waals surface area contributed by atoms with E-state index in [0.717, 1.165) is 11.6 Å². The molecule has 0 amide bonds. The molecule has 0 bridgehead atoms. The van der Waals surface area contributed by atoms with Gasteiger partial charge in [-0.05, 0) is 44.6 Å². The molecule has 2 rings (SSSR count). The Morgan fingerprint density at radius 3 is 2.47 bits per heavy atom. The maximum atomic E-state index is 12.6. The Morgan fingerprint density at radius 2 is 1.85 bits per heavy atom. The molecule has 2 atom stereocenters. The van der Waals surface area contributed by atoms with E-state index in [1.807, 2.05) is 30.3 Å². The lowest BCUT2D eigenvalue weighted by molar-refractivity contribution is -0.147. The quantitative estimate of drug-likeness (QED) is 0.0881. The molecule has 1 aliphatic carbocycles. The highest BCUT2D eigenvalue weighted by molar-refractivity contribution is 5.95. The molecule has 0 saturated heterocycles. The van der Waals surface area contributed by atoms with E-state index in [1.165, 1.54) is 0 Å². The highest BCUT2D eigenvalue weighted by Crippen LogP contribution is 2.45. The number of benzene rings is 1. The molecule has 1 fully saturated rings. The number of oxime groups is 1. The van der Waals surface area contributed by atoms with Crippen molar-refractivity contribution in [3.05, 3.63) is 47.7 Å². The van der Waals surface area contributed by atoms with E-state index in [1.54, 1.807) is 13.8 Å². The molecule has 0 heterocycles. The molecule has 10 nitrogen and oxygen atoms in total. The van der Waals surface area contributed by atoms with Gasteiger partial charge in [0.25, 0.3) is 0 Å². The minimum Gasteiger partial charge on any atom is -0.463 e. The maximum absolute atomic E-state index is 12.6. The minimum atomic E-state index is -0.926. The fraction of sp³-hybridized carbons (Fsp3) is 0.500. The van der Waals surface area contributed by atoms with Crippen molar-refractivity contribution in [2.24, 2.45) is 22.2 Å². The van der Waals surface area contributed by atoms with Crippen LogP contribution in [0.1, 0.15) is 45.1 Å². The van der Waals surface area contributed by atoms with Crippen LogP contribution in [0.4, 0.5) is 0 Å². The van der Waals surface area contributed by atoms with Crippen molar-refractivity contribution in [2.75, 3.05) is 19.8 Å². The van der Waals surface area contributed by atoms with E-state index in [0.29, 0.717) is 19.3 Å². The fourth-order valence-electron chi connectivity index (χ4n) is 3.75. The first-order valence-electron chi connectivity index (χ1n) is 11.2. The SMILES string of the molecule is CCOC(=O)C=C(ON=C(N)C1(CC(=O)OCc2ccccc2)CCC(CO)C1)C(=O)OCC. The van der Waals surface area contributed by atoms with Gasteiger partial charge in [-0.2, -0.15) is 0 Å². The molecule has 0 aromatic heterocycles. The molecule has 186 valence electrons. The van der Waals surface area contributed by atoms with Gasteiger partial charge in [0.1, 0.15) is 12.4 Å². The smallest absolute Gasteiger partial charge is 0.377 e. The molecule has 1 saturated carbocycles. The molecule has 10 heteroatoms. The van der Waals surface area contributed by atoms with Crippen LogP contribution in [-0.2, 0) is 40.0 Å². The third kappa shape index (κ3) is 7.87. The third-order valence-corrected chi connectivity index (χ3v) is 5.49. The lowest BCUT2D eigenvalue weighted by Gasteiger charge is -2.27. The fourth-order valence-corrected chi connectivity index (χ4v) is 3.75. The highest BCUT2D eigenvalue weighted by atomic mass is 16.7. The zero-order chi connectivity index (χ0) is 25.0. The molecular weight excluding hydrogens is 444 g/mol. The largest absolute Gasteiger partial charge is 0.463 e. The highest BCUT2D eigenvalue weighted by Gasteiger charge is 2.45. The van der Waals surface area contributed by atoms with E-state index in [4.69, 9.17) is 24.8 Å². The van der Waals surface area contributed by atoms with Crippen molar-refractivity contribution in [3.63, 3.8) is 0 Å². The van der Waals surface area contributed by atoms with Gasteiger partial charge in [0.05, 0.1) is 25.7 Å². The molecule has 2 unspecified atom stereocenters. The molecule has 1 aromatic carbocycles. The summed E-state index contributed by atoms with van der Waals surface area (Å²) in [5.74, 6) is -2.81. The van der Waals surface area contributed by atoms with E-state index >= 15 is 0 Å². The van der Waals surface area contributed by atoms with Gasteiger partial charge in [-0.15, -0.1) is 0 Å². The number of aliphatic hydroxyl groups is 1. The number of esters is 3. The van der Waals surface area contributed by atoms with Crippen LogP contribution in [-0.4, -0.2) is 48.7 Å². The molecule has 0 radical (unpaired) electrons. The average molecular weight is 477 g/mol. The Kier molecular flexibility index (Phi) is 10.5. The molecule has 0 spiro atoms. The van der Waals surface area contributed by atoms with Crippen LogP contribution in [0.5, 0.6) is 0 Å². The summed E-state index contributed by atoms with van der Waals surface area (Å²) in [5, 5.41) is 13.5. The van der Waals surface area contributed by atoms with E-state index in [-0.39, 0.29) is 44.6 Å². The summed E-state index contributed by atoms with van der Waals surface area (Å²) in [7, 11) is 0. The van der Waals surface area contributed by atoms with Crippen LogP contribution in [0, 0.1) is 11.3 Å². The van der Waals surface area contributed by atoms with Crippen LogP contribution in [0.2, 0.25) is 0 Å². The first-order chi connectivity index (χ1) is 16.3. The number of nitrogens with two attached hydrogens (primary N) is 1. The summed E-state index contributed by atoms with van der Waals surface area (Å²) in [6.07, 6.45) is 2.23. The van der Waals surface area contributed by atoms with Crippen molar-refractivity contribution in [1.29, 1.82) is 0 Å². The molecule has 3 N–H and O–H groups in total. The van der Waals surface area contributed by atoms with Gasteiger partial charge in [-0.25, -0.2) is 9.59 Å². The number of rotatable bonds is 12. The van der Waals surface area contributed by atoms with E-state index in [2.05, 4.69) is 5.16 Å². The number of nitrogens with zero attached hydrogens (tertiary/aromatic N) is 1. The Morgan fingerprint density at radius 1 is 1.15 bits per heavy atom. The topological polar surface area (TPSA) is 147 Å². The predicted molar refractivity (Wildman–Crippen MR) is 122 cm³/mol. The molecule has 34 heavy (non-hydrogen) atoms. The molecule has 1 aliphatic rings. The van der Waals surface area contributed by atoms with E-state index in [9.17, 15) is 19.5 Å².